The van der Waals surface area contributed by atoms with Gasteiger partial charge in [-0.3, -0.25) is 9.69 Å². The summed E-state index contributed by atoms with van der Waals surface area (Å²) in [5.74, 6) is 0.458. The first kappa shape index (κ1) is 17.2. The van der Waals surface area contributed by atoms with Gasteiger partial charge in [0.1, 0.15) is 0 Å². The van der Waals surface area contributed by atoms with Crippen molar-refractivity contribution in [2.24, 2.45) is 5.92 Å². The predicted molar refractivity (Wildman–Crippen MR) is 97.5 cm³/mol. The van der Waals surface area contributed by atoms with Gasteiger partial charge in [0.15, 0.2) is 0 Å². The number of aryl methyl sites for hydroxylation is 1. The summed E-state index contributed by atoms with van der Waals surface area (Å²) in [7, 11) is 0. The Kier molecular flexibility index (Phi) is 5.74. The molecule has 0 saturated carbocycles. The van der Waals surface area contributed by atoms with Crippen LogP contribution in [0.15, 0.2) is 18.2 Å². The predicted octanol–water partition coefficient (Wildman–Crippen LogP) is 2.24. The lowest BCUT2D eigenvalue weighted by Crippen LogP contribution is -2.39. The minimum absolute atomic E-state index is 0.0504. The van der Waals surface area contributed by atoms with E-state index in [0.717, 1.165) is 50.3 Å². The molecule has 1 amide bonds. The molecule has 1 aromatic carbocycles. The smallest absolute Gasteiger partial charge is 0.238 e. The number of carbonyl (C=O) groups excluding carboxylic acids is 1. The number of carbonyl (C=O) groups is 1. The summed E-state index contributed by atoms with van der Waals surface area (Å²) in [6, 6.07) is 6.31. The molecule has 132 valence electrons. The Morgan fingerprint density at radius 2 is 1.92 bits per heavy atom. The molecule has 5 nitrogen and oxygen atoms in total. The largest absolute Gasteiger partial charge is 0.396 e. The molecule has 2 heterocycles. The van der Waals surface area contributed by atoms with Gasteiger partial charge in [-0.15, -0.1) is 0 Å². The zero-order valence-electron chi connectivity index (χ0n) is 14.6. The third kappa shape index (κ3) is 4.28. The van der Waals surface area contributed by atoms with E-state index >= 15 is 0 Å². The van der Waals surface area contributed by atoms with Crippen molar-refractivity contribution in [1.82, 2.24) is 4.90 Å². The van der Waals surface area contributed by atoms with Crippen LogP contribution in [0.2, 0.25) is 0 Å². The van der Waals surface area contributed by atoms with Crippen molar-refractivity contribution < 1.29 is 9.90 Å². The van der Waals surface area contributed by atoms with Gasteiger partial charge in [0.05, 0.1) is 6.54 Å². The minimum Gasteiger partial charge on any atom is -0.396 e. The highest BCUT2D eigenvalue weighted by Gasteiger charge is 2.20. The molecule has 0 unspecified atom stereocenters. The van der Waals surface area contributed by atoms with Crippen molar-refractivity contribution in [3.05, 3.63) is 23.8 Å². The Hall–Kier alpha value is -1.59. The van der Waals surface area contributed by atoms with Gasteiger partial charge < -0.3 is 15.3 Å². The molecule has 0 aromatic heterocycles. The minimum atomic E-state index is 0.0504. The molecule has 2 fully saturated rings. The molecular weight excluding hydrogens is 302 g/mol. The first-order valence-electron chi connectivity index (χ1n) is 9.14. The van der Waals surface area contributed by atoms with Crippen molar-refractivity contribution >= 4 is 17.3 Å². The van der Waals surface area contributed by atoms with E-state index in [1.165, 1.54) is 18.5 Å². The Labute approximate surface area is 144 Å². The zero-order valence-corrected chi connectivity index (χ0v) is 14.6. The van der Waals surface area contributed by atoms with Crippen LogP contribution >= 0.6 is 0 Å². The number of nitrogens with zero attached hydrogens (tertiary/aromatic N) is 2. The molecule has 3 rings (SSSR count). The summed E-state index contributed by atoms with van der Waals surface area (Å²) >= 11 is 0. The number of anilines is 2. The first-order valence-corrected chi connectivity index (χ1v) is 9.14. The summed E-state index contributed by atoms with van der Waals surface area (Å²) in [4.78, 5) is 16.9. The molecule has 2 aliphatic heterocycles. The fourth-order valence-corrected chi connectivity index (χ4v) is 3.68. The topological polar surface area (TPSA) is 55.8 Å². The monoisotopic (exact) mass is 331 g/mol. The number of aliphatic hydroxyl groups excluding tert-OH is 1. The number of rotatable bonds is 5. The van der Waals surface area contributed by atoms with Gasteiger partial charge in [-0.05, 0) is 75.4 Å². The highest BCUT2D eigenvalue weighted by Crippen LogP contribution is 2.25. The summed E-state index contributed by atoms with van der Waals surface area (Å²) in [5, 5.41) is 12.2. The second kappa shape index (κ2) is 7.99. The van der Waals surface area contributed by atoms with Gasteiger partial charge in [0.25, 0.3) is 0 Å². The molecule has 24 heavy (non-hydrogen) atoms. The van der Waals surface area contributed by atoms with E-state index in [1.54, 1.807) is 0 Å². The van der Waals surface area contributed by atoms with Crippen LogP contribution in [0.1, 0.15) is 31.2 Å². The Morgan fingerprint density at radius 1 is 1.21 bits per heavy atom. The van der Waals surface area contributed by atoms with E-state index in [-0.39, 0.29) is 12.5 Å². The standard InChI is InChI=1S/C19H29N3O2/c1-15-12-17(22-8-2-3-9-22)4-5-18(15)20-19(24)13-21-10-6-16(14-23)7-11-21/h4-5,12,16,23H,2-3,6-11,13-14H2,1H3,(H,20,24). The van der Waals surface area contributed by atoms with Crippen LogP contribution in [0.3, 0.4) is 0 Å². The van der Waals surface area contributed by atoms with E-state index in [9.17, 15) is 9.90 Å². The number of amides is 1. The van der Waals surface area contributed by atoms with Crippen molar-refractivity contribution in [3.8, 4) is 0 Å². The van der Waals surface area contributed by atoms with Gasteiger partial charge >= 0.3 is 0 Å². The van der Waals surface area contributed by atoms with Crippen LogP contribution in [0.25, 0.3) is 0 Å². The lowest BCUT2D eigenvalue weighted by Gasteiger charge is -2.30. The first-order chi connectivity index (χ1) is 11.7. The van der Waals surface area contributed by atoms with E-state index in [4.69, 9.17) is 0 Å². The lowest BCUT2D eigenvalue weighted by molar-refractivity contribution is -0.117. The Bertz CT molecular complexity index is 562. The van der Waals surface area contributed by atoms with Gasteiger partial charge in [0, 0.05) is 31.1 Å². The zero-order chi connectivity index (χ0) is 16.9. The highest BCUT2D eigenvalue weighted by molar-refractivity contribution is 5.93. The SMILES string of the molecule is Cc1cc(N2CCCC2)ccc1NC(=O)CN1CCC(CO)CC1. The van der Waals surface area contributed by atoms with Crippen LogP contribution < -0.4 is 10.2 Å². The molecule has 2 aliphatic rings. The van der Waals surface area contributed by atoms with E-state index in [0.29, 0.717) is 12.5 Å². The lowest BCUT2D eigenvalue weighted by atomic mass is 9.98. The number of piperidine rings is 1. The summed E-state index contributed by atoms with van der Waals surface area (Å²) < 4.78 is 0. The molecule has 0 aliphatic carbocycles. The van der Waals surface area contributed by atoms with Crippen molar-refractivity contribution in [1.29, 1.82) is 0 Å². The fourth-order valence-electron chi connectivity index (χ4n) is 3.68. The van der Waals surface area contributed by atoms with Crippen LogP contribution in [0, 0.1) is 12.8 Å². The highest BCUT2D eigenvalue weighted by atomic mass is 16.3. The second-order valence-corrected chi connectivity index (χ2v) is 7.14. The Morgan fingerprint density at radius 3 is 2.54 bits per heavy atom. The number of hydrogen-bond donors (Lipinski definition) is 2. The molecule has 2 N–H and O–H groups in total. The Balaban J connectivity index is 1.52. The molecular formula is C19H29N3O2. The summed E-state index contributed by atoms with van der Waals surface area (Å²) in [6.45, 7) is 6.82. The average molecular weight is 331 g/mol. The molecule has 2 saturated heterocycles. The van der Waals surface area contributed by atoms with Gasteiger partial charge in [-0.2, -0.15) is 0 Å². The van der Waals surface area contributed by atoms with E-state index in [1.807, 2.05) is 6.07 Å². The third-order valence-electron chi connectivity index (χ3n) is 5.29. The maximum absolute atomic E-state index is 12.3. The van der Waals surface area contributed by atoms with Crippen LogP contribution in [0.5, 0.6) is 0 Å². The van der Waals surface area contributed by atoms with Crippen LogP contribution in [-0.4, -0.2) is 55.2 Å². The van der Waals surface area contributed by atoms with Crippen molar-refractivity contribution in [3.63, 3.8) is 0 Å². The number of aliphatic hydroxyl groups is 1. The van der Waals surface area contributed by atoms with Crippen LogP contribution in [0.4, 0.5) is 11.4 Å². The molecule has 0 atom stereocenters. The van der Waals surface area contributed by atoms with E-state index in [2.05, 4.69) is 34.2 Å². The molecule has 0 spiro atoms. The van der Waals surface area contributed by atoms with Gasteiger partial charge in [-0.1, -0.05) is 0 Å². The maximum atomic E-state index is 12.3. The van der Waals surface area contributed by atoms with Crippen molar-refractivity contribution in [2.75, 3.05) is 49.5 Å². The number of hydrogen-bond acceptors (Lipinski definition) is 4. The van der Waals surface area contributed by atoms with Gasteiger partial charge in [-0.25, -0.2) is 0 Å². The normalized spacial score (nSPS) is 19.7. The molecule has 1 aromatic rings. The molecule has 5 heteroatoms. The summed E-state index contributed by atoms with van der Waals surface area (Å²) in [6.07, 6.45) is 4.50. The number of likely N-dealkylation sites (tertiary alicyclic amines) is 1. The third-order valence-corrected chi connectivity index (χ3v) is 5.29. The summed E-state index contributed by atoms with van der Waals surface area (Å²) in [5.41, 5.74) is 3.29. The quantitative estimate of drug-likeness (QED) is 0.869. The van der Waals surface area contributed by atoms with Gasteiger partial charge in [0.2, 0.25) is 5.91 Å². The number of benzene rings is 1. The molecule has 0 radical (unpaired) electrons. The molecule has 0 bridgehead atoms. The maximum Gasteiger partial charge on any atom is 0.238 e. The average Bonchev–Trinajstić information content (AvgIpc) is 3.12. The van der Waals surface area contributed by atoms with Crippen molar-refractivity contribution in [2.45, 2.75) is 32.6 Å². The fraction of sp³-hybridized carbons (Fsp3) is 0.632. The van der Waals surface area contributed by atoms with Crippen LogP contribution in [-0.2, 0) is 4.79 Å². The second-order valence-electron chi connectivity index (χ2n) is 7.14. The number of nitrogens with one attached hydrogen (secondary N) is 1. The van der Waals surface area contributed by atoms with E-state index < -0.39 is 0 Å².